The Hall–Kier alpha value is -3.03. The van der Waals surface area contributed by atoms with Crippen LogP contribution in [-0.2, 0) is 43.6 Å². The second kappa shape index (κ2) is 14.3. The van der Waals surface area contributed by atoms with Crippen molar-refractivity contribution in [2.24, 2.45) is 0 Å². The van der Waals surface area contributed by atoms with E-state index in [1.54, 1.807) is 0 Å². The minimum absolute atomic E-state index is 0.218. The predicted octanol–water partition coefficient (Wildman–Crippen LogP) is 4.30. The molecule has 3 rings (SSSR count). The lowest BCUT2D eigenvalue weighted by Crippen LogP contribution is -2.46. The highest BCUT2D eigenvalue weighted by atomic mass is 16.6. The highest BCUT2D eigenvalue weighted by Crippen LogP contribution is 2.19. The van der Waals surface area contributed by atoms with Crippen LogP contribution in [-0.4, -0.2) is 43.1 Å². The van der Waals surface area contributed by atoms with E-state index in [2.05, 4.69) is 0 Å². The molecule has 0 spiro atoms. The molecule has 0 fully saturated rings. The molecule has 3 aromatic rings. The Kier molecular flexibility index (Phi) is 10.7. The number of rotatable bonds is 14. The molecule has 0 saturated carbocycles. The molecule has 0 radical (unpaired) electrons. The Labute approximate surface area is 201 Å². The predicted molar refractivity (Wildman–Crippen MR) is 129 cm³/mol. The van der Waals surface area contributed by atoms with E-state index >= 15 is 0 Å². The fourth-order valence-electron chi connectivity index (χ4n) is 3.51. The molecular formula is C28H32O6. The first-order valence-electron chi connectivity index (χ1n) is 11.4. The molecule has 0 amide bonds. The zero-order chi connectivity index (χ0) is 24.0. The fourth-order valence-corrected chi connectivity index (χ4v) is 3.51. The molecule has 0 bridgehead atoms. The third-order valence-corrected chi connectivity index (χ3v) is 5.37. The quantitative estimate of drug-likeness (QED) is 0.283. The molecule has 6 nitrogen and oxygen atoms in total. The monoisotopic (exact) mass is 464 g/mol. The van der Waals surface area contributed by atoms with Crippen LogP contribution in [0.4, 0.5) is 0 Å². The minimum atomic E-state index is -1.50. The minimum Gasteiger partial charge on any atom is -0.467 e. The first-order valence-corrected chi connectivity index (χ1v) is 11.4. The van der Waals surface area contributed by atoms with Crippen molar-refractivity contribution in [3.8, 4) is 0 Å². The van der Waals surface area contributed by atoms with Gasteiger partial charge in [0.1, 0.15) is 6.10 Å². The van der Waals surface area contributed by atoms with Gasteiger partial charge in [-0.15, -0.1) is 0 Å². The molecule has 180 valence electrons. The van der Waals surface area contributed by atoms with Gasteiger partial charge in [-0.05, 0) is 23.1 Å². The third kappa shape index (κ3) is 8.39. The van der Waals surface area contributed by atoms with Crippen LogP contribution in [0.5, 0.6) is 0 Å². The number of hydrogen-bond donors (Lipinski definition) is 1. The van der Waals surface area contributed by atoms with E-state index in [1.165, 1.54) is 7.11 Å². The summed E-state index contributed by atoms with van der Waals surface area (Å²) in [5.41, 5.74) is 2.97. The lowest BCUT2D eigenvalue weighted by atomic mass is 10.0. The normalized spacial score (nSPS) is 13.7. The van der Waals surface area contributed by atoms with Gasteiger partial charge in [-0.1, -0.05) is 91.0 Å². The van der Waals surface area contributed by atoms with Gasteiger partial charge in [-0.25, -0.2) is 4.79 Å². The van der Waals surface area contributed by atoms with Gasteiger partial charge in [0, 0.05) is 6.61 Å². The molecule has 0 aliphatic rings. The van der Waals surface area contributed by atoms with E-state index < -0.39 is 24.3 Å². The number of carbonyl (C=O) groups is 1. The van der Waals surface area contributed by atoms with E-state index in [1.807, 2.05) is 91.0 Å². The fraction of sp³-hybridized carbons (Fsp3) is 0.321. The molecule has 0 aliphatic carbocycles. The Morgan fingerprint density at radius 1 is 0.735 bits per heavy atom. The van der Waals surface area contributed by atoms with Gasteiger partial charge in [-0.2, -0.15) is 0 Å². The lowest BCUT2D eigenvalue weighted by molar-refractivity contribution is -0.175. The summed E-state index contributed by atoms with van der Waals surface area (Å²) in [6.07, 6.45) is -2.61. The number of ether oxygens (including phenoxy) is 4. The summed E-state index contributed by atoms with van der Waals surface area (Å²) in [6, 6.07) is 29.2. The molecular weight excluding hydrogens is 432 g/mol. The zero-order valence-corrected chi connectivity index (χ0v) is 19.4. The molecule has 3 atom stereocenters. The Morgan fingerprint density at radius 3 is 1.71 bits per heavy atom. The van der Waals surface area contributed by atoms with E-state index in [0.717, 1.165) is 16.7 Å². The number of methoxy groups -OCH3 is 1. The summed E-state index contributed by atoms with van der Waals surface area (Å²) in [4.78, 5) is 12.2. The molecule has 0 unspecified atom stereocenters. The van der Waals surface area contributed by atoms with E-state index in [0.29, 0.717) is 26.2 Å². The van der Waals surface area contributed by atoms with Gasteiger partial charge >= 0.3 is 5.97 Å². The smallest absolute Gasteiger partial charge is 0.337 e. The van der Waals surface area contributed by atoms with Crippen LogP contribution >= 0.6 is 0 Å². The van der Waals surface area contributed by atoms with Crippen LogP contribution < -0.4 is 0 Å². The van der Waals surface area contributed by atoms with Crippen molar-refractivity contribution >= 4 is 5.97 Å². The van der Waals surface area contributed by atoms with Gasteiger partial charge in [0.15, 0.2) is 6.10 Å². The Bertz CT molecular complexity index is 948. The molecule has 3 aromatic carbocycles. The maximum absolute atomic E-state index is 12.2. The lowest BCUT2D eigenvalue weighted by Gasteiger charge is -2.30. The van der Waals surface area contributed by atoms with Crippen molar-refractivity contribution in [1.82, 2.24) is 0 Å². The summed E-state index contributed by atoms with van der Waals surface area (Å²) in [5.74, 6) is -0.767. The van der Waals surface area contributed by atoms with E-state index in [-0.39, 0.29) is 6.61 Å². The van der Waals surface area contributed by atoms with Crippen LogP contribution in [0.25, 0.3) is 0 Å². The van der Waals surface area contributed by atoms with Crippen molar-refractivity contribution in [3.63, 3.8) is 0 Å². The Morgan fingerprint density at radius 2 is 1.21 bits per heavy atom. The van der Waals surface area contributed by atoms with Crippen molar-refractivity contribution in [3.05, 3.63) is 108 Å². The number of esters is 1. The van der Waals surface area contributed by atoms with Crippen molar-refractivity contribution in [2.45, 2.75) is 44.6 Å². The number of aliphatic hydroxyl groups excluding tert-OH is 1. The second-order valence-electron chi connectivity index (χ2n) is 7.89. The summed E-state index contributed by atoms with van der Waals surface area (Å²) < 4.78 is 22.9. The number of hydrogen-bond acceptors (Lipinski definition) is 6. The van der Waals surface area contributed by atoms with Crippen molar-refractivity contribution < 1.29 is 28.8 Å². The van der Waals surface area contributed by atoms with Gasteiger partial charge in [-0.3, -0.25) is 0 Å². The summed E-state index contributed by atoms with van der Waals surface area (Å²) in [7, 11) is 1.24. The third-order valence-electron chi connectivity index (χ3n) is 5.37. The molecule has 6 heteroatoms. The van der Waals surface area contributed by atoms with Crippen molar-refractivity contribution in [2.75, 3.05) is 13.7 Å². The maximum atomic E-state index is 12.2. The van der Waals surface area contributed by atoms with Crippen LogP contribution in [0.3, 0.4) is 0 Å². The summed E-state index contributed by atoms with van der Waals surface area (Å²) >= 11 is 0. The summed E-state index contributed by atoms with van der Waals surface area (Å²) in [5, 5.41) is 10.7. The average Bonchev–Trinajstić information content (AvgIpc) is 2.90. The molecule has 0 heterocycles. The number of aliphatic hydroxyl groups is 1. The van der Waals surface area contributed by atoms with Crippen LogP contribution in [0.15, 0.2) is 91.0 Å². The zero-order valence-electron chi connectivity index (χ0n) is 19.4. The molecule has 1 N–H and O–H groups in total. The number of benzene rings is 3. The van der Waals surface area contributed by atoms with E-state index in [4.69, 9.17) is 18.9 Å². The highest BCUT2D eigenvalue weighted by Gasteiger charge is 2.35. The average molecular weight is 465 g/mol. The molecule has 34 heavy (non-hydrogen) atoms. The van der Waals surface area contributed by atoms with Crippen LogP contribution in [0.1, 0.15) is 23.1 Å². The first kappa shape index (κ1) is 25.6. The topological polar surface area (TPSA) is 74.2 Å². The van der Waals surface area contributed by atoms with Crippen LogP contribution in [0, 0.1) is 0 Å². The van der Waals surface area contributed by atoms with Gasteiger partial charge in [0.25, 0.3) is 0 Å². The van der Waals surface area contributed by atoms with Gasteiger partial charge < -0.3 is 24.1 Å². The summed E-state index contributed by atoms with van der Waals surface area (Å²) in [6.45, 7) is 1.35. The van der Waals surface area contributed by atoms with Crippen LogP contribution in [0.2, 0.25) is 0 Å². The molecule has 0 aromatic heterocycles. The molecule has 0 aliphatic heterocycles. The van der Waals surface area contributed by atoms with Gasteiger partial charge in [0.05, 0.1) is 33.0 Å². The SMILES string of the molecule is COC(=O)[C@H](O)[C@H](OCc1ccccc1)[C@H](CCOCc1ccccc1)OCc1ccccc1. The largest absolute Gasteiger partial charge is 0.467 e. The number of carbonyl (C=O) groups excluding carboxylic acids is 1. The Balaban J connectivity index is 1.70. The highest BCUT2D eigenvalue weighted by molar-refractivity contribution is 5.75. The van der Waals surface area contributed by atoms with Gasteiger partial charge in [0.2, 0.25) is 0 Å². The van der Waals surface area contributed by atoms with Crippen molar-refractivity contribution in [1.29, 1.82) is 0 Å². The van der Waals surface area contributed by atoms with E-state index in [9.17, 15) is 9.90 Å². The maximum Gasteiger partial charge on any atom is 0.337 e. The standard InChI is InChI=1S/C28H32O6/c1-31-28(30)26(29)27(34-21-24-15-9-4-10-16-24)25(33-20-23-13-7-3-8-14-23)17-18-32-19-22-11-5-2-6-12-22/h2-16,25-27,29H,17-21H2,1H3/t25-,26+,27+/m0/s1. The molecule has 0 saturated heterocycles. The first-order chi connectivity index (χ1) is 16.7. The second-order valence-corrected chi connectivity index (χ2v) is 7.89.